The number of esters is 1. The zero-order valence-corrected chi connectivity index (χ0v) is 17.6. The van der Waals surface area contributed by atoms with E-state index in [1.165, 1.54) is 0 Å². The number of benzene rings is 3. The molecule has 3 aromatic carbocycles. The van der Waals surface area contributed by atoms with Gasteiger partial charge in [0, 0.05) is 11.3 Å². The van der Waals surface area contributed by atoms with E-state index in [1.807, 2.05) is 31.2 Å². The van der Waals surface area contributed by atoms with Crippen LogP contribution in [0.1, 0.15) is 27.9 Å². The van der Waals surface area contributed by atoms with Gasteiger partial charge in [-0.2, -0.15) is 0 Å². The molecule has 6 heteroatoms. The summed E-state index contributed by atoms with van der Waals surface area (Å²) in [4.78, 5) is 24.3. The Morgan fingerprint density at radius 2 is 1.61 bits per heavy atom. The molecule has 0 saturated carbocycles. The first kappa shape index (κ1) is 21.9. The van der Waals surface area contributed by atoms with Crippen LogP contribution in [-0.4, -0.2) is 25.6 Å². The van der Waals surface area contributed by atoms with E-state index < -0.39 is 0 Å². The molecular weight excluding hydrogens is 394 g/mol. The average molecular weight is 419 g/mol. The molecule has 1 N–H and O–H groups in total. The Kier molecular flexibility index (Phi) is 7.65. The monoisotopic (exact) mass is 419 g/mol. The largest absolute Gasteiger partial charge is 0.497 e. The molecule has 3 aromatic rings. The van der Waals surface area contributed by atoms with Crippen LogP contribution in [0.2, 0.25) is 0 Å². The molecule has 3 rings (SSSR count). The highest BCUT2D eigenvalue weighted by molar-refractivity contribution is 6.04. The lowest BCUT2D eigenvalue weighted by atomic mass is 10.1. The molecule has 0 saturated heterocycles. The van der Waals surface area contributed by atoms with Crippen LogP contribution in [0.5, 0.6) is 11.5 Å². The van der Waals surface area contributed by atoms with Crippen molar-refractivity contribution in [2.45, 2.75) is 20.0 Å². The molecule has 0 fully saturated rings. The van der Waals surface area contributed by atoms with Crippen LogP contribution < -0.4 is 14.8 Å². The van der Waals surface area contributed by atoms with Gasteiger partial charge in [-0.3, -0.25) is 9.59 Å². The summed E-state index contributed by atoms with van der Waals surface area (Å²) in [6.45, 7) is 2.35. The van der Waals surface area contributed by atoms with Gasteiger partial charge in [0.1, 0.15) is 18.1 Å². The first-order valence-electron chi connectivity index (χ1n) is 9.93. The molecule has 6 nitrogen and oxygen atoms in total. The Morgan fingerprint density at radius 3 is 2.29 bits per heavy atom. The summed E-state index contributed by atoms with van der Waals surface area (Å²) >= 11 is 0. The summed E-state index contributed by atoms with van der Waals surface area (Å²) in [5.74, 6) is 0.925. The number of carbonyl (C=O) groups is 2. The third-order valence-electron chi connectivity index (χ3n) is 4.62. The lowest BCUT2D eigenvalue weighted by Gasteiger charge is -2.09. The lowest BCUT2D eigenvalue weighted by Crippen LogP contribution is -2.12. The first-order chi connectivity index (χ1) is 15.0. The quantitative estimate of drug-likeness (QED) is 0.506. The predicted octanol–water partition coefficient (Wildman–Crippen LogP) is 4.77. The molecule has 0 aliphatic rings. The van der Waals surface area contributed by atoms with Gasteiger partial charge in [0.15, 0.2) is 0 Å². The van der Waals surface area contributed by atoms with E-state index in [1.54, 1.807) is 55.6 Å². The second-order valence-electron chi connectivity index (χ2n) is 6.90. The van der Waals surface area contributed by atoms with E-state index >= 15 is 0 Å². The Labute approximate surface area is 181 Å². The van der Waals surface area contributed by atoms with E-state index in [4.69, 9.17) is 14.2 Å². The highest BCUT2D eigenvalue weighted by Gasteiger charge is 2.08. The smallest absolute Gasteiger partial charge is 0.309 e. The van der Waals surface area contributed by atoms with Gasteiger partial charge in [0.2, 0.25) is 0 Å². The predicted molar refractivity (Wildman–Crippen MR) is 118 cm³/mol. The lowest BCUT2D eigenvalue weighted by molar-refractivity contribution is -0.145. The van der Waals surface area contributed by atoms with Crippen LogP contribution in [0.15, 0.2) is 72.8 Å². The minimum Gasteiger partial charge on any atom is -0.497 e. The zero-order chi connectivity index (χ0) is 22.1. The summed E-state index contributed by atoms with van der Waals surface area (Å²) in [5.41, 5.74) is 3.01. The molecule has 160 valence electrons. The number of ether oxygens (including phenoxy) is 3. The molecule has 0 atom stereocenters. The van der Waals surface area contributed by atoms with Gasteiger partial charge < -0.3 is 19.5 Å². The summed E-state index contributed by atoms with van der Waals surface area (Å²) in [7, 11) is 1.59. The summed E-state index contributed by atoms with van der Waals surface area (Å²) in [6, 6.07) is 21.7. The molecule has 0 aliphatic heterocycles. The van der Waals surface area contributed by atoms with Crippen molar-refractivity contribution in [1.29, 1.82) is 0 Å². The molecule has 0 radical (unpaired) electrons. The first-order valence-corrected chi connectivity index (χ1v) is 9.93. The van der Waals surface area contributed by atoms with E-state index in [-0.39, 0.29) is 31.5 Å². The highest BCUT2D eigenvalue weighted by Crippen LogP contribution is 2.17. The third kappa shape index (κ3) is 6.60. The normalized spacial score (nSPS) is 10.3. The summed E-state index contributed by atoms with van der Waals surface area (Å²) in [5, 5.41) is 2.83. The van der Waals surface area contributed by atoms with Gasteiger partial charge in [-0.15, -0.1) is 0 Å². The van der Waals surface area contributed by atoms with Crippen LogP contribution in [0.3, 0.4) is 0 Å². The van der Waals surface area contributed by atoms with Crippen LogP contribution in [0.4, 0.5) is 5.69 Å². The van der Waals surface area contributed by atoms with Gasteiger partial charge >= 0.3 is 5.97 Å². The number of rotatable bonds is 9. The Bertz CT molecular complexity index is 1010. The van der Waals surface area contributed by atoms with Crippen LogP contribution in [-0.2, 0) is 16.1 Å². The summed E-state index contributed by atoms with van der Waals surface area (Å²) < 4.78 is 16.0. The van der Waals surface area contributed by atoms with Crippen molar-refractivity contribution in [3.8, 4) is 11.5 Å². The minimum absolute atomic E-state index is 0.142. The van der Waals surface area contributed by atoms with Crippen molar-refractivity contribution in [1.82, 2.24) is 0 Å². The molecule has 0 heterocycles. The molecule has 1 amide bonds. The number of nitrogens with one attached hydrogen (secondary N) is 1. The molecule has 0 spiro atoms. The molecular formula is C25H25NO5. The Balaban J connectivity index is 1.42. The number of hydrogen-bond acceptors (Lipinski definition) is 5. The van der Waals surface area contributed by atoms with Gasteiger partial charge in [-0.05, 0) is 60.5 Å². The fourth-order valence-corrected chi connectivity index (χ4v) is 2.83. The zero-order valence-electron chi connectivity index (χ0n) is 17.6. The topological polar surface area (TPSA) is 73.9 Å². The van der Waals surface area contributed by atoms with Crippen molar-refractivity contribution < 1.29 is 23.8 Å². The fourth-order valence-electron chi connectivity index (χ4n) is 2.83. The second kappa shape index (κ2) is 10.8. The van der Waals surface area contributed by atoms with Crippen molar-refractivity contribution in [2.75, 3.05) is 19.0 Å². The number of carbonyl (C=O) groups excluding carboxylic acids is 2. The van der Waals surface area contributed by atoms with Crippen molar-refractivity contribution in [3.63, 3.8) is 0 Å². The average Bonchev–Trinajstić information content (AvgIpc) is 2.80. The minimum atomic E-state index is -0.338. The van der Waals surface area contributed by atoms with Gasteiger partial charge in [0.25, 0.3) is 5.91 Å². The van der Waals surface area contributed by atoms with Gasteiger partial charge in [-0.1, -0.05) is 30.3 Å². The van der Waals surface area contributed by atoms with Crippen molar-refractivity contribution in [3.05, 3.63) is 89.5 Å². The molecule has 0 unspecified atom stereocenters. The Hall–Kier alpha value is -3.80. The van der Waals surface area contributed by atoms with Gasteiger partial charge in [0.05, 0.1) is 20.1 Å². The standard InChI is InChI=1S/C25H25NO5/c1-18-5-3-4-6-23(18)30-16-15-24(27)31-17-19-7-9-20(10-8-19)25(28)26-21-11-13-22(29-2)14-12-21/h3-14H,15-17H2,1-2H3,(H,26,28). The molecule has 0 aromatic heterocycles. The third-order valence-corrected chi connectivity index (χ3v) is 4.62. The maximum Gasteiger partial charge on any atom is 0.309 e. The number of aryl methyl sites for hydroxylation is 1. The number of methoxy groups -OCH3 is 1. The maximum atomic E-state index is 12.4. The molecule has 0 aliphatic carbocycles. The van der Waals surface area contributed by atoms with E-state index in [0.717, 1.165) is 22.6 Å². The SMILES string of the molecule is COc1ccc(NC(=O)c2ccc(COC(=O)CCOc3ccccc3C)cc2)cc1. The molecule has 31 heavy (non-hydrogen) atoms. The molecule has 0 bridgehead atoms. The van der Waals surface area contributed by atoms with E-state index in [2.05, 4.69) is 5.32 Å². The van der Waals surface area contributed by atoms with Crippen molar-refractivity contribution >= 4 is 17.6 Å². The maximum absolute atomic E-state index is 12.4. The van der Waals surface area contributed by atoms with Crippen LogP contribution >= 0.6 is 0 Å². The second-order valence-corrected chi connectivity index (χ2v) is 6.90. The van der Waals surface area contributed by atoms with Crippen molar-refractivity contribution in [2.24, 2.45) is 0 Å². The highest BCUT2D eigenvalue weighted by atomic mass is 16.5. The van der Waals surface area contributed by atoms with E-state index in [9.17, 15) is 9.59 Å². The number of hydrogen-bond donors (Lipinski definition) is 1. The Morgan fingerprint density at radius 1 is 0.903 bits per heavy atom. The van der Waals surface area contributed by atoms with Crippen LogP contribution in [0.25, 0.3) is 0 Å². The van der Waals surface area contributed by atoms with E-state index in [0.29, 0.717) is 11.3 Å². The number of para-hydroxylation sites is 1. The fraction of sp³-hybridized carbons (Fsp3) is 0.200. The number of anilines is 1. The number of amides is 1. The summed E-state index contributed by atoms with van der Waals surface area (Å²) in [6.07, 6.45) is 0.163. The van der Waals surface area contributed by atoms with Gasteiger partial charge in [-0.25, -0.2) is 0 Å². The van der Waals surface area contributed by atoms with Crippen LogP contribution in [0, 0.1) is 6.92 Å².